The Morgan fingerprint density at radius 3 is 2.45 bits per heavy atom. The minimum absolute atomic E-state index is 0.289. The van der Waals surface area contributed by atoms with Crippen LogP contribution in [-0.4, -0.2) is 28.9 Å². The molecule has 0 heterocycles. The van der Waals surface area contributed by atoms with Crippen LogP contribution in [0.1, 0.15) is 98.8 Å². The van der Waals surface area contributed by atoms with E-state index in [9.17, 15) is 14.7 Å². The molecule has 0 aromatic heterocycles. The van der Waals surface area contributed by atoms with Crippen molar-refractivity contribution in [2.75, 3.05) is 0 Å². The largest absolute Gasteiger partial charge is 0.481 e. The fraction of sp³-hybridized carbons (Fsp3) is 0.926. The first-order valence-corrected chi connectivity index (χ1v) is 13.1. The standard InChI is InChI=1S/C27H45NO3/c1-16(2)28-24-15-19-21-8-7-20(17(3)6-9-25(30)31)26(21,4)13-11-22(19)27(5)12-10-18(29)14-23(24)27/h16-17,19-24,28H,6-15H2,1-5H3,(H,30,31)/t17-,19+,20-,21+,22+,23+,24?,26-,27-/m1/s1. The van der Waals surface area contributed by atoms with Gasteiger partial charge in [0.05, 0.1) is 0 Å². The second kappa shape index (κ2) is 8.47. The van der Waals surface area contributed by atoms with Crippen molar-refractivity contribution >= 4 is 11.8 Å². The smallest absolute Gasteiger partial charge is 0.303 e. The average Bonchev–Trinajstić information content (AvgIpc) is 3.04. The summed E-state index contributed by atoms with van der Waals surface area (Å²) in [5.41, 5.74) is 0.646. The lowest BCUT2D eigenvalue weighted by Gasteiger charge is -2.62. The number of Topliss-reactive ketones (excluding diaryl/α,β-unsaturated/α-hetero) is 1. The summed E-state index contributed by atoms with van der Waals surface area (Å²) < 4.78 is 0. The van der Waals surface area contributed by atoms with Crippen molar-refractivity contribution in [2.24, 2.45) is 46.3 Å². The van der Waals surface area contributed by atoms with Crippen LogP contribution in [0.5, 0.6) is 0 Å². The molecule has 4 aliphatic rings. The second-order valence-corrected chi connectivity index (χ2v) is 12.5. The number of carbonyl (C=O) groups is 2. The number of carbonyl (C=O) groups excluding carboxylic acids is 1. The molecule has 31 heavy (non-hydrogen) atoms. The first-order chi connectivity index (χ1) is 14.6. The van der Waals surface area contributed by atoms with E-state index in [1.165, 1.54) is 32.1 Å². The topological polar surface area (TPSA) is 66.4 Å². The Morgan fingerprint density at radius 1 is 1.06 bits per heavy atom. The SMILES string of the molecule is CC(C)NC1C[C@@H]2[C@H](CC[C@]3(C)[C@@H]([C@H](C)CCC(=O)O)CC[C@@H]23)[C@@]2(C)CCC(=O)C[C@@H]12. The number of rotatable bonds is 6. The van der Waals surface area contributed by atoms with Gasteiger partial charge in [-0.05, 0) is 91.3 Å². The summed E-state index contributed by atoms with van der Waals surface area (Å²) in [7, 11) is 0. The zero-order valence-electron chi connectivity index (χ0n) is 20.5. The van der Waals surface area contributed by atoms with Crippen molar-refractivity contribution in [1.29, 1.82) is 0 Å². The molecule has 4 nitrogen and oxygen atoms in total. The Labute approximate surface area is 189 Å². The third-order valence-corrected chi connectivity index (χ3v) is 10.7. The van der Waals surface area contributed by atoms with Gasteiger partial charge in [0.1, 0.15) is 5.78 Å². The minimum Gasteiger partial charge on any atom is -0.481 e. The van der Waals surface area contributed by atoms with E-state index >= 15 is 0 Å². The van der Waals surface area contributed by atoms with Crippen LogP contribution in [0.2, 0.25) is 0 Å². The van der Waals surface area contributed by atoms with Crippen LogP contribution in [0, 0.1) is 46.3 Å². The van der Waals surface area contributed by atoms with Gasteiger partial charge in [-0.1, -0.05) is 34.6 Å². The molecule has 0 aliphatic heterocycles. The van der Waals surface area contributed by atoms with Gasteiger partial charge in [-0.15, -0.1) is 0 Å². The lowest BCUT2D eigenvalue weighted by atomic mass is 9.43. The fourth-order valence-electron chi connectivity index (χ4n) is 9.27. The normalized spacial score (nSPS) is 45.7. The van der Waals surface area contributed by atoms with Crippen LogP contribution in [0.25, 0.3) is 0 Å². The number of fused-ring (bicyclic) bond motifs is 5. The Morgan fingerprint density at radius 2 is 1.77 bits per heavy atom. The summed E-state index contributed by atoms with van der Waals surface area (Å²) >= 11 is 0. The van der Waals surface area contributed by atoms with E-state index in [0.717, 1.165) is 43.4 Å². The van der Waals surface area contributed by atoms with E-state index in [1.54, 1.807) is 0 Å². The molecule has 4 heteroatoms. The summed E-state index contributed by atoms with van der Waals surface area (Å²) in [6.45, 7) is 11.9. The number of ketones is 1. The molecule has 0 aromatic carbocycles. The summed E-state index contributed by atoms with van der Waals surface area (Å²) in [6, 6.07) is 0.909. The first-order valence-electron chi connectivity index (χ1n) is 13.1. The number of carboxylic acids is 1. The first kappa shape index (κ1) is 23.3. The van der Waals surface area contributed by atoms with Crippen LogP contribution >= 0.6 is 0 Å². The van der Waals surface area contributed by atoms with Gasteiger partial charge in [0.2, 0.25) is 0 Å². The lowest BCUT2D eigenvalue weighted by molar-refractivity contribution is -0.146. The van der Waals surface area contributed by atoms with Crippen LogP contribution < -0.4 is 5.32 Å². The van der Waals surface area contributed by atoms with Crippen LogP contribution in [-0.2, 0) is 9.59 Å². The monoisotopic (exact) mass is 431 g/mol. The molecular formula is C27H45NO3. The Bertz CT molecular complexity index is 705. The van der Waals surface area contributed by atoms with Crippen LogP contribution in [0.15, 0.2) is 0 Å². The van der Waals surface area contributed by atoms with E-state index in [0.29, 0.717) is 47.5 Å². The molecule has 4 aliphatic carbocycles. The number of aliphatic carboxylic acids is 1. The van der Waals surface area contributed by atoms with Gasteiger partial charge in [0, 0.05) is 31.3 Å². The third-order valence-electron chi connectivity index (χ3n) is 10.7. The predicted octanol–water partition coefficient (Wildman–Crippen LogP) is 5.69. The molecule has 0 saturated heterocycles. The molecule has 4 rings (SSSR count). The highest BCUT2D eigenvalue weighted by Crippen LogP contribution is 2.68. The highest BCUT2D eigenvalue weighted by molar-refractivity contribution is 5.79. The van der Waals surface area contributed by atoms with Crippen LogP contribution in [0.4, 0.5) is 0 Å². The molecule has 0 amide bonds. The van der Waals surface area contributed by atoms with Crippen molar-refractivity contribution in [3.05, 3.63) is 0 Å². The average molecular weight is 432 g/mol. The third kappa shape index (κ3) is 4.00. The molecular weight excluding hydrogens is 386 g/mol. The molecule has 0 radical (unpaired) electrons. The maximum absolute atomic E-state index is 12.4. The van der Waals surface area contributed by atoms with Crippen molar-refractivity contribution in [3.8, 4) is 0 Å². The highest BCUT2D eigenvalue weighted by atomic mass is 16.4. The van der Waals surface area contributed by atoms with Gasteiger partial charge >= 0.3 is 5.97 Å². The molecule has 4 saturated carbocycles. The summed E-state index contributed by atoms with van der Waals surface area (Å²) in [4.78, 5) is 23.6. The summed E-state index contributed by atoms with van der Waals surface area (Å²) in [5.74, 6) is 3.73. The summed E-state index contributed by atoms with van der Waals surface area (Å²) in [5, 5.41) is 13.1. The quantitative estimate of drug-likeness (QED) is 0.567. The Kier molecular flexibility index (Phi) is 6.35. The molecule has 4 fully saturated rings. The molecule has 0 bridgehead atoms. The molecule has 9 atom stereocenters. The lowest BCUT2D eigenvalue weighted by Crippen LogP contribution is -2.61. The number of hydrogen-bond acceptors (Lipinski definition) is 3. The minimum atomic E-state index is -0.657. The Hall–Kier alpha value is -0.900. The molecule has 1 unspecified atom stereocenters. The summed E-state index contributed by atoms with van der Waals surface area (Å²) in [6.07, 6.45) is 10.2. The maximum atomic E-state index is 12.4. The van der Waals surface area contributed by atoms with Crippen molar-refractivity contribution in [1.82, 2.24) is 5.32 Å². The van der Waals surface area contributed by atoms with Crippen molar-refractivity contribution in [3.63, 3.8) is 0 Å². The number of nitrogens with one attached hydrogen (secondary N) is 1. The van der Waals surface area contributed by atoms with Gasteiger partial charge in [-0.2, -0.15) is 0 Å². The van der Waals surface area contributed by atoms with Crippen molar-refractivity contribution < 1.29 is 14.7 Å². The molecule has 0 spiro atoms. The van der Waals surface area contributed by atoms with Gasteiger partial charge in [-0.25, -0.2) is 0 Å². The van der Waals surface area contributed by atoms with E-state index in [4.69, 9.17) is 0 Å². The number of hydrogen-bond donors (Lipinski definition) is 2. The van der Waals surface area contributed by atoms with E-state index in [2.05, 4.69) is 39.9 Å². The zero-order chi connectivity index (χ0) is 22.6. The van der Waals surface area contributed by atoms with Crippen LogP contribution in [0.3, 0.4) is 0 Å². The van der Waals surface area contributed by atoms with E-state index in [-0.39, 0.29) is 5.41 Å². The fourth-order valence-corrected chi connectivity index (χ4v) is 9.27. The van der Waals surface area contributed by atoms with Crippen molar-refractivity contribution in [2.45, 2.75) is 111 Å². The van der Waals surface area contributed by atoms with Gasteiger partial charge < -0.3 is 10.4 Å². The van der Waals surface area contributed by atoms with E-state index in [1.807, 2.05) is 0 Å². The van der Waals surface area contributed by atoms with Gasteiger partial charge in [-0.3, -0.25) is 9.59 Å². The Balaban J connectivity index is 1.59. The zero-order valence-corrected chi connectivity index (χ0v) is 20.5. The number of carboxylic acid groups (broad SMARTS) is 1. The second-order valence-electron chi connectivity index (χ2n) is 12.5. The van der Waals surface area contributed by atoms with E-state index < -0.39 is 5.97 Å². The van der Waals surface area contributed by atoms with Gasteiger partial charge in [0.15, 0.2) is 0 Å². The predicted molar refractivity (Wildman–Crippen MR) is 124 cm³/mol. The van der Waals surface area contributed by atoms with Gasteiger partial charge in [0.25, 0.3) is 0 Å². The maximum Gasteiger partial charge on any atom is 0.303 e. The molecule has 176 valence electrons. The highest BCUT2D eigenvalue weighted by Gasteiger charge is 2.62. The molecule has 2 N–H and O–H groups in total. The molecule has 0 aromatic rings.